The normalized spacial score (nSPS) is 17.9. The lowest BCUT2D eigenvalue weighted by atomic mass is 9.80. The molecule has 0 bridgehead atoms. The van der Waals surface area contributed by atoms with Crippen LogP contribution in [0.5, 0.6) is 0 Å². The van der Waals surface area contributed by atoms with Crippen LogP contribution in [0.4, 0.5) is 0 Å². The Bertz CT molecular complexity index is 330. The zero-order valence-corrected chi connectivity index (χ0v) is 9.07. The molecule has 1 aliphatic carbocycles. The van der Waals surface area contributed by atoms with Gasteiger partial charge >= 0.3 is 0 Å². The first-order valence-corrected chi connectivity index (χ1v) is 5.63. The van der Waals surface area contributed by atoms with Crippen molar-refractivity contribution in [2.75, 3.05) is 0 Å². The fourth-order valence-electron chi connectivity index (χ4n) is 1.94. The van der Waals surface area contributed by atoms with Gasteiger partial charge in [-0.2, -0.15) is 0 Å². The number of amides is 1. The molecule has 1 N–H and O–H groups in total. The van der Waals surface area contributed by atoms with Crippen LogP contribution in [0.2, 0.25) is 0 Å². The Morgan fingerprint density at radius 3 is 2.53 bits per heavy atom. The molecule has 80 valence electrons. The summed E-state index contributed by atoms with van der Waals surface area (Å²) in [6.07, 6.45) is 3.84. The minimum Gasteiger partial charge on any atom is -0.349 e. The smallest absolute Gasteiger partial charge is 0.251 e. The second-order valence-corrected chi connectivity index (χ2v) is 4.32. The molecular formula is C13H17NO. The maximum atomic E-state index is 11.8. The largest absolute Gasteiger partial charge is 0.349 e. The third-order valence-electron chi connectivity index (χ3n) is 3.25. The molecule has 0 aromatic heterocycles. The van der Waals surface area contributed by atoms with Crippen molar-refractivity contribution in [1.29, 1.82) is 0 Å². The highest BCUT2D eigenvalue weighted by Gasteiger charge is 2.25. The van der Waals surface area contributed by atoms with Crippen molar-refractivity contribution in [3.8, 4) is 0 Å². The standard InChI is InChI=1S/C13H17NO/c1-10(11-8-5-9-11)14-13(15)12-6-3-2-4-7-12/h2-4,6-7,10-11H,5,8-9H2,1H3,(H,14,15). The van der Waals surface area contributed by atoms with Gasteiger partial charge in [0.05, 0.1) is 0 Å². The van der Waals surface area contributed by atoms with Crippen molar-refractivity contribution in [3.63, 3.8) is 0 Å². The molecule has 2 heteroatoms. The summed E-state index contributed by atoms with van der Waals surface area (Å²) in [6, 6.07) is 9.72. The number of carbonyl (C=O) groups is 1. The van der Waals surface area contributed by atoms with E-state index in [1.807, 2.05) is 30.3 Å². The van der Waals surface area contributed by atoms with Gasteiger partial charge in [-0.15, -0.1) is 0 Å². The van der Waals surface area contributed by atoms with E-state index in [9.17, 15) is 4.79 Å². The van der Waals surface area contributed by atoms with Crippen LogP contribution >= 0.6 is 0 Å². The van der Waals surface area contributed by atoms with Crippen LogP contribution in [0.1, 0.15) is 36.5 Å². The first kappa shape index (κ1) is 10.2. The van der Waals surface area contributed by atoms with Crippen LogP contribution in [0.3, 0.4) is 0 Å². The Kier molecular flexibility index (Phi) is 3.05. The van der Waals surface area contributed by atoms with Crippen LogP contribution in [0.25, 0.3) is 0 Å². The Morgan fingerprint density at radius 1 is 1.33 bits per heavy atom. The molecule has 2 nitrogen and oxygen atoms in total. The molecular weight excluding hydrogens is 186 g/mol. The molecule has 1 fully saturated rings. The molecule has 1 aromatic rings. The average molecular weight is 203 g/mol. The molecule has 0 saturated heterocycles. The molecule has 1 aliphatic rings. The van der Waals surface area contributed by atoms with Crippen LogP contribution in [0.15, 0.2) is 30.3 Å². The van der Waals surface area contributed by atoms with Gasteiger partial charge in [0, 0.05) is 11.6 Å². The summed E-state index contributed by atoms with van der Waals surface area (Å²) in [5, 5.41) is 3.06. The average Bonchev–Trinajstić information content (AvgIpc) is 2.16. The van der Waals surface area contributed by atoms with E-state index in [-0.39, 0.29) is 5.91 Å². The van der Waals surface area contributed by atoms with Gasteiger partial charge < -0.3 is 5.32 Å². The van der Waals surface area contributed by atoms with Gasteiger partial charge in [-0.05, 0) is 37.8 Å². The maximum absolute atomic E-state index is 11.8. The Labute approximate surface area is 90.7 Å². The fraction of sp³-hybridized carbons (Fsp3) is 0.462. The molecule has 1 saturated carbocycles. The lowest BCUT2D eigenvalue weighted by Crippen LogP contribution is -2.40. The van der Waals surface area contributed by atoms with Crippen LogP contribution in [-0.4, -0.2) is 11.9 Å². The van der Waals surface area contributed by atoms with Crippen molar-refractivity contribution in [2.24, 2.45) is 5.92 Å². The predicted molar refractivity (Wildman–Crippen MR) is 60.7 cm³/mol. The van der Waals surface area contributed by atoms with E-state index in [0.29, 0.717) is 12.0 Å². The second-order valence-electron chi connectivity index (χ2n) is 4.32. The molecule has 0 heterocycles. The van der Waals surface area contributed by atoms with Gasteiger partial charge in [0.15, 0.2) is 0 Å². The summed E-state index contributed by atoms with van der Waals surface area (Å²) >= 11 is 0. The van der Waals surface area contributed by atoms with Crippen molar-refractivity contribution >= 4 is 5.91 Å². The molecule has 0 aliphatic heterocycles. The Morgan fingerprint density at radius 2 is 2.00 bits per heavy atom. The Hall–Kier alpha value is -1.31. The Balaban J connectivity index is 1.91. The molecule has 15 heavy (non-hydrogen) atoms. The molecule has 1 aromatic carbocycles. The first-order chi connectivity index (χ1) is 7.27. The summed E-state index contributed by atoms with van der Waals surface area (Å²) in [5.41, 5.74) is 0.753. The van der Waals surface area contributed by atoms with E-state index in [4.69, 9.17) is 0 Å². The summed E-state index contributed by atoms with van der Waals surface area (Å²) < 4.78 is 0. The van der Waals surface area contributed by atoms with E-state index in [1.54, 1.807) is 0 Å². The summed E-state index contributed by atoms with van der Waals surface area (Å²) in [7, 11) is 0. The number of nitrogens with one attached hydrogen (secondary N) is 1. The van der Waals surface area contributed by atoms with Gasteiger partial charge in [0.25, 0.3) is 5.91 Å². The molecule has 0 spiro atoms. The van der Waals surface area contributed by atoms with E-state index in [1.165, 1.54) is 19.3 Å². The van der Waals surface area contributed by atoms with Crippen LogP contribution in [0, 0.1) is 5.92 Å². The highest BCUT2D eigenvalue weighted by Crippen LogP contribution is 2.29. The number of hydrogen-bond acceptors (Lipinski definition) is 1. The summed E-state index contributed by atoms with van der Waals surface area (Å²) in [6.45, 7) is 2.10. The van der Waals surface area contributed by atoms with Gasteiger partial charge in [0.2, 0.25) is 0 Å². The summed E-state index contributed by atoms with van der Waals surface area (Å²) in [5.74, 6) is 0.743. The van der Waals surface area contributed by atoms with Gasteiger partial charge in [0.1, 0.15) is 0 Å². The van der Waals surface area contributed by atoms with Crippen molar-refractivity contribution in [1.82, 2.24) is 5.32 Å². The second kappa shape index (κ2) is 4.47. The minimum absolute atomic E-state index is 0.0509. The molecule has 2 rings (SSSR count). The van der Waals surface area contributed by atoms with Crippen molar-refractivity contribution < 1.29 is 4.79 Å². The van der Waals surface area contributed by atoms with Crippen LogP contribution < -0.4 is 5.32 Å². The third-order valence-corrected chi connectivity index (χ3v) is 3.25. The lowest BCUT2D eigenvalue weighted by Gasteiger charge is -2.31. The monoisotopic (exact) mass is 203 g/mol. The highest BCUT2D eigenvalue weighted by molar-refractivity contribution is 5.94. The molecule has 0 radical (unpaired) electrons. The molecule has 1 atom stereocenters. The number of carbonyl (C=O) groups excluding carboxylic acids is 1. The quantitative estimate of drug-likeness (QED) is 0.803. The third kappa shape index (κ3) is 2.38. The number of hydrogen-bond donors (Lipinski definition) is 1. The van der Waals surface area contributed by atoms with E-state index < -0.39 is 0 Å². The van der Waals surface area contributed by atoms with E-state index in [0.717, 1.165) is 5.56 Å². The highest BCUT2D eigenvalue weighted by atomic mass is 16.1. The summed E-state index contributed by atoms with van der Waals surface area (Å²) in [4.78, 5) is 11.8. The predicted octanol–water partition coefficient (Wildman–Crippen LogP) is 2.61. The lowest BCUT2D eigenvalue weighted by molar-refractivity contribution is 0.0909. The zero-order valence-electron chi connectivity index (χ0n) is 9.07. The SMILES string of the molecule is CC(NC(=O)c1ccccc1)C1CCC1. The number of benzene rings is 1. The first-order valence-electron chi connectivity index (χ1n) is 5.63. The maximum Gasteiger partial charge on any atom is 0.251 e. The van der Waals surface area contributed by atoms with E-state index >= 15 is 0 Å². The van der Waals surface area contributed by atoms with Gasteiger partial charge in [-0.1, -0.05) is 24.6 Å². The van der Waals surface area contributed by atoms with Gasteiger partial charge in [-0.3, -0.25) is 4.79 Å². The van der Waals surface area contributed by atoms with Crippen molar-refractivity contribution in [2.45, 2.75) is 32.2 Å². The van der Waals surface area contributed by atoms with Crippen LogP contribution in [-0.2, 0) is 0 Å². The van der Waals surface area contributed by atoms with Crippen molar-refractivity contribution in [3.05, 3.63) is 35.9 Å². The molecule has 1 unspecified atom stereocenters. The van der Waals surface area contributed by atoms with E-state index in [2.05, 4.69) is 12.2 Å². The number of rotatable bonds is 3. The topological polar surface area (TPSA) is 29.1 Å². The van der Waals surface area contributed by atoms with Gasteiger partial charge in [-0.25, -0.2) is 0 Å². The minimum atomic E-state index is 0.0509. The molecule has 1 amide bonds. The fourth-order valence-corrected chi connectivity index (χ4v) is 1.94. The zero-order chi connectivity index (χ0) is 10.7.